The van der Waals surface area contributed by atoms with Gasteiger partial charge in [-0.15, -0.1) is 0 Å². The largest absolute Gasteiger partial charge is 0.314 e. The van der Waals surface area contributed by atoms with E-state index >= 15 is 0 Å². The van der Waals surface area contributed by atoms with Gasteiger partial charge in [0.25, 0.3) is 0 Å². The van der Waals surface area contributed by atoms with E-state index in [4.69, 9.17) is 0 Å². The van der Waals surface area contributed by atoms with Crippen molar-refractivity contribution < 1.29 is 8.42 Å². The first-order valence-corrected chi connectivity index (χ1v) is 9.80. The third kappa shape index (κ3) is 8.34. The van der Waals surface area contributed by atoms with Gasteiger partial charge in [-0.25, -0.2) is 13.1 Å². The number of nitrogens with one attached hydrogen (secondary N) is 2. The van der Waals surface area contributed by atoms with Crippen LogP contribution in [0.3, 0.4) is 0 Å². The lowest BCUT2D eigenvalue weighted by atomic mass is 10.3. The van der Waals surface area contributed by atoms with E-state index < -0.39 is 10.0 Å². The first-order valence-electron chi connectivity index (χ1n) is 6.76. The molecule has 2 N–H and O–H groups in total. The SMILES string of the molecule is CSCCC(C)NS(=O)(=O)CCCCNC1CC1. The van der Waals surface area contributed by atoms with Gasteiger partial charge in [-0.3, -0.25) is 0 Å². The predicted octanol–water partition coefficient (Wildman–Crippen LogP) is 1.58. The molecule has 0 aromatic heterocycles. The van der Waals surface area contributed by atoms with Crippen LogP contribution in [-0.4, -0.2) is 44.8 Å². The van der Waals surface area contributed by atoms with Crippen LogP contribution in [0.25, 0.3) is 0 Å². The Morgan fingerprint density at radius 3 is 2.67 bits per heavy atom. The lowest BCUT2D eigenvalue weighted by Gasteiger charge is -2.13. The molecule has 1 rings (SSSR count). The zero-order valence-electron chi connectivity index (χ0n) is 11.4. The Labute approximate surface area is 116 Å². The zero-order valence-corrected chi connectivity index (χ0v) is 13.1. The molecule has 6 heteroatoms. The van der Waals surface area contributed by atoms with E-state index in [0.29, 0.717) is 6.04 Å². The summed E-state index contributed by atoms with van der Waals surface area (Å²) in [7, 11) is -3.08. The molecule has 1 atom stereocenters. The number of rotatable bonds is 11. The molecule has 1 fully saturated rings. The minimum absolute atomic E-state index is 0.0482. The van der Waals surface area contributed by atoms with Crippen molar-refractivity contribution in [3.05, 3.63) is 0 Å². The number of thioether (sulfide) groups is 1. The van der Waals surface area contributed by atoms with Gasteiger partial charge in [0.05, 0.1) is 5.75 Å². The number of sulfonamides is 1. The van der Waals surface area contributed by atoms with Crippen LogP contribution in [-0.2, 0) is 10.0 Å². The molecule has 1 unspecified atom stereocenters. The van der Waals surface area contributed by atoms with Crippen molar-refractivity contribution in [1.82, 2.24) is 10.0 Å². The molecule has 1 aliphatic carbocycles. The van der Waals surface area contributed by atoms with E-state index in [0.717, 1.165) is 31.6 Å². The second kappa shape index (κ2) is 8.40. The number of unbranched alkanes of at least 4 members (excludes halogenated alkanes) is 1. The summed E-state index contributed by atoms with van der Waals surface area (Å²) in [6.07, 6.45) is 7.18. The molecular formula is C12H26N2O2S2. The molecule has 108 valence electrons. The molecule has 0 saturated heterocycles. The van der Waals surface area contributed by atoms with E-state index in [1.807, 2.05) is 13.2 Å². The highest BCUT2D eigenvalue weighted by molar-refractivity contribution is 7.98. The van der Waals surface area contributed by atoms with Crippen LogP contribution in [0.5, 0.6) is 0 Å². The molecule has 4 nitrogen and oxygen atoms in total. The monoisotopic (exact) mass is 294 g/mol. The van der Waals surface area contributed by atoms with E-state index in [-0.39, 0.29) is 11.8 Å². The van der Waals surface area contributed by atoms with E-state index in [2.05, 4.69) is 10.0 Å². The highest BCUT2D eigenvalue weighted by Gasteiger charge is 2.19. The summed E-state index contributed by atoms with van der Waals surface area (Å²) < 4.78 is 26.3. The van der Waals surface area contributed by atoms with Crippen LogP contribution in [0.1, 0.15) is 39.0 Å². The van der Waals surface area contributed by atoms with Crippen molar-refractivity contribution in [2.75, 3.05) is 24.3 Å². The third-order valence-electron chi connectivity index (χ3n) is 2.99. The van der Waals surface area contributed by atoms with Gasteiger partial charge in [0, 0.05) is 12.1 Å². The van der Waals surface area contributed by atoms with Crippen molar-refractivity contribution in [1.29, 1.82) is 0 Å². The van der Waals surface area contributed by atoms with Gasteiger partial charge in [0.15, 0.2) is 0 Å². The van der Waals surface area contributed by atoms with Crippen LogP contribution >= 0.6 is 11.8 Å². The van der Waals surface area contributed by atoms with Crippen LogP contribution < -0.4 is 10.0 Å². The first kappa shape index (κ1) is 16.3. The smallest absolute Gasteiger partial charge is 0.211 e. The average Bonchev–Trinajstić information content (AvgIpc) is 3.09. The van der Waals surface area contributed by atoms with Crippen molar-refractivity contribution >= 4 is 21.8 Å². The van der Waals surface area contributed by atoms with Gasteiger partial charge in [-0.1, -0.05) is 0 Å². The van der Waals surface area contributed by atoms with Crippen LogP contribution in [0.15, 0.2) is 0 Å². The topological polar surface area (TPSA) is 58.2 Å². The minimum atomic E-state index is -3.08. The van der Waals surface area contributed by atoms with Gasteiger partial charge >= 0.3 is 0 Å². The summed E-state index contributed by atoms with van der Waals surface area (Å²) in [5, 5.41) is 3.39. The van der Waals surface area contributed by atoms with Crippen molar-refractivity contribution in [2.24, 2.45) is 0 Å². The van der Waals surface area contributed by atoms with Crippen LogP contribution in [0.4, 0.5) is 0 Å². The van der Waals surface area contributed by atoms with E-state index in [1.165, 1.54) is 12.8 Å². The molecule has 18 heavy (non-hydrogen) atoms. The maximum atomic E-state index is 11.8. The van der Waals surface area contributed by atoms with Crippen LogP contribution in [0.2, 0.25) is 0 Å². The quantitative estimate of drug-likeness (QED) is 0.568. The second-order valence-corrected chi connectivity index (χ2v) is 7.91. The zero-order chi connectivity index (χ0) is 13.4. The van der Waals surface area contributed by atoms with Gasteiger partial charge in [-0.05, 0) is 57.6 Å². The summed E-state index contributed by atoms with van der Waals surface area (Å²) in [6, 6.07) is 0.762. The van der Waals surface area contributed by atoms with Crippen LogP contribution in [0, 0.1) is 0 Å². The minimum Gasteiger partial charge on any atom is -0.314 e. The highest BCUT2D eigenvalue weighted by atomic mass is 32.2. The fourth-order valence-corrected chi connectivity index (χ4v) is 3.75. The molecule has 0 bridgehead atoms. The Morgan fingerprint density at radius 2 is 2.06 bits per heavy atom. The molecule has 0 amide bonds. The second-order valence-electron chi connectivity index (χ2n) is 5.05. The Bertz CT molecular complexity index is 316. The summed E-state index contributed by atoms with van der Waals surface area (Å²) in [4.78, 5) is 0. The summed E-state index contributed by atoms with van der Waals surface area (Å²) >= 11 is 1.75. The fourth-order valence-electron chi connectivity index (χ4n) is 1.73. The molecule has 1 aliphatic rings. The maximum Gasteiger partial charge on any atom is 0.211 e. The molecule has 0 heterocycles. The summed E-state index contributed by atoms with van der Waals surface area (Å²) in [5.41, 5.74) is 0. The third-order valence-corrected chi connectivity index (χ3v) is 5.22. The van der Waals surface area contributed by atoms with E-state index in [1.54, 1.807) is 11.8 Å². The highest BCUT2D eigenvalue weighted by Crippen LogP contribution is 2.18. The standard InChI is InChI=1S/C12H26N2O2S2/c1-11(7-9-17-2)14-18(15,16)10-4-3-8-13-12-5-6-12/h11-14H,3-10H2,1-2H3. The normalized spacial score (nSPS) is 17.9. The van der Waals surface area contributed by atoms with Gasteiger partial charge in [0.1, 0.15) is 0 Å². The molecule has 0 spiro atoms. The molecular weight excluding hydrogens is 268 g/mol. The first-order chi connectivity index (χ1) is 8.53. The number of hydrogen-bond donors (Lipinski definition) is 2. The van der Waals surface area contributed by atoms with Crippen molar-refractivity contribution in [3.63, 3.8) is 0 Å². The Kier molecular flexibility index (Phi) is 7.60. The maximum absolute atomic E-state index is 11.8. The summed E-state index contributed by atoms with van der Waals surface area (Å²) in [6.45, 7) is 2.88. The summed E-state index contributed by atoms with van der Waals surface area (Å²) in [5.74, 6) is 1.25. The molecule has 0 radical (unpaired) electrons. The number of hydrogen-bond acceptors (Lipinski definition) is 4. The Hall–Kier alpha value is 0.220. The fraction of sp³-hybridized carbons (Fsp3) is 1.00. The van der Waals surface area contributed by atoms with Gasteiger partial charge in [-0.2, -0.15) is 11.8 Å². The molecule has 1 saturated carbocycles. The molecule has 0 aromatic carbocycles. The molecule has 0 aliphatic heterocycles. The Morgan fingerprint density at radius 1 is 1.33 bits per heavy atom. The molecule has 0 aromatic rings. The average molecular weight is 294 g/mol. The van der Waals surface area contributed by atoms with Gasteiger partial charge < -0.3 is 5.32 Å². The predicted molar refractivity (Wildman–Crippen MR) is 79.6 cm³/mol. The van der Waals surface area contributed by atoms with Crippen molar-refractivity contribution in [2.45, 2.75) is 51.1 Å². The van der Waals surface area contributed by atoms with Gasteiger partial charge in [0.2, 0.25) is 10.0 Å². The lowest BCUT2D eigenvalue weighted by molar-refractivity contribution is 0.551. The lowest BCUT2D eigenvalue weighted by Crippen LogP contribution is -2.35. The van der Waals surface area contributed by atoms with Crippen molar-refractivity contribution in [3.8, 4) is 0 Å². The Balaban J connectivity index is 2.05. The van der Waals surface area contributed by atoms with E-state index in [9.17, 15) is 8.42 Å².